The second kappa shape index (κ2) is 7.46. The zero-order valence-corrected chi connectivity index (χ0v) is 13.2. The van der Waals surface area contributed by atoms with Crippen molar-refractivity contribution in [1.82, 2.24) is 0 Å². The topological polar surface area (TPSA) is 58.4 Å². The van der Waals surface area contributed by atoms with Crippen LogP contribution in [0.3, 0.4) is 0 Å². The van der Waals surface area contributed by atoms with Crippen LogP contribution in [0.4, 0.5) is 11.4 Å². The highest BCUT2D eigenvalue weighted by atomic mass is 16.1. The van der Waals surface area contributed by atoms with Crippen LogP contribution in [-0.4, -0.2) is 25.0 Å². The highest BCUT2D eigenvalue weighted by Gasteiger charge is 2.14. The number of aryl methyl sites for hydroxylation is 1. The minimum Gasteiger partial charge on any atom is -0.372 e. The van der Waals surface area contributed by atoms with Gasteiger partial charge in [-0.15, -0.1) is 0 Å². The largest absolute Gasteiger partial charge is 0.372 e. The first-order chi connectivity index (χ1) is 10.1. The normalized spacial score (nSPS) is 16.0. The Balaban J connectivity index is 1.95. The molecule has 1 aromatic carbocycles. The van der Waals surface area contributed by atoms with E-state index in [2.05, 4.69) is 29.3 Å². The van der Waals surface area contributed by atoms with E-state index in [1.807, 2.05) is 13.0 Å². The summed E-state index contributed by atoms with van der Waals surface area (Å²) in [7, 11) is 0. The summed E-state index contributed by atoms with van der Waals surface area (Å²) in [4.78, 5) is 14.4. The van der Waals surface area contributed by atoms with Gasteiger partial charge < -0.3 is 16.0 Å². The molecular weight excluding hydrogens is 262 g/mol. The van der Waals surface area contributed by atoms with Crippen molar-refractivity contribution in [3.8, 4) is 0 Å². The number of nitrogens with two attached hydrogens (primary N) is 1. The van der Waals surface area contributed by atoms with E-state index in [9.17, 15) is 4.79 Å². The van der Waals surface area contributed by atoms with Gasteiger partial charge in [-0.2, -0.15) is 0 Å². The molecule has 0 bridgehead atoms. The lowest BCUT2D eigenvalue weighted by molar-refractivity contribution is -0.116. The van der Waals surface area contributed by atoms with E-state index in [4.69, 9.17) is 5.73 Å². The van der Waals surface area contributed by atoms with E-state index in [1.54, 1.807) is 0 Å². The molecular formula is C17H27N3O. The number of rotatable bonds is 6. The molecule has 0 aliphatic carbocycles. The standard InChI is InChI=1S/C17H27N3O/c1-3-6-14(18)12-17(21)19-16-8-7-15(11-13(16)2)20-9-4-5-10-20/h7-8,11,14H,3-6,9-10,12,18H2,1-2H3,(H,19,21). The average molecular weight is 289 g/mol. The number of nitrogens with zero attached hydrogens (tertiary/aromatic N) is 1. The van der Waals surface area contributed by atoms with E-state index in [0.717, 1.165) is 37.2 Å². The summed E-state index contributed by atoms with van der Waals surface area (Å²) in [6, 6.07) is 6.22. The molecule has 4 nitrogen and oxygen atoms in total. The van der Waals surface area contributed by atoms with Gasteiger partial charge in [0.05, 0.1) is 0 Å². The summed E-state index contributed by atoms with van der Waals surface area (Å²) >= 11 is 0. The Kier molecular flexibility index (Phi) is 5.62. The van der Waals surface area contributed by atoms with Crippen LogP contribution in [0.25, 0.3) is 0 Å². The minimum atomic E-state index is -0.0424. The molecule has 3 N–H and O–H groups in total. The summed E-state index contributed by atoms with van der Waals surface area (Å²) in [5, 5.41) is 2.98. The SMILES string of the molecule is CCCC(N)CC(=O)Nc1ccc(N2CCCC2)cc1C. The molecule has 1 amide bonds. The summed E-state index contributed by atoms with van der Waals surface area (Å²) in [5.41, 5.74) is 9.17. The molecule has 1 aliphatic rings. The van der Waals surface area contributed by atoms with Gasteiger partial charge in [0.15, 0.2) is 0 Å². The van der Waals surface area contributed by atoms with Gasteiger partial charge in [0.2, 0.25) is 5.91 Å². The van der Waals surface area contributed by atoms with Gasteiger partial charge in [0.25, 0.3) is 0 Å². The predicted molar refractivity (Wildman–Crippen MR) is 88.8 cm³/mol. The lowest BCUT2D eigenvalue weighted by Gasteiger charge is -2.19. The summed E-state index contributed by atoms with van der Waals surface area (Å²) in [6.07, 6.45) is 4.83. The van der Waals surface area contributed by atoms with Crippen molar-refractivity contribution in [2.45, 2.75) is 52.0 Å². The number of carbonyl (C=O) groups excluding carboxylic acids is 1. The summed E-state index contributed by atoms with van der Waals surface area (Å²) in [6.45, 7) is 6.40. The van der Waals surface area contributed by atoms with Gasteiger partial charge in [-0.1, -0.05) is 13.3 Å². The molecule has 1 aliphatic heterocycles. The van der Waals surface area contributed by atoms with Crippen molar-refractivity contribution in [1.29, 1.82) is 0 Å². The van der Waals surface area contributed by atoms with E-state index < -0.39 is 0 Å². The number of hydrogen-bond acceptors (Lipinski definition) is 3. The molecule has 1 atom stereocenters. The quantitative estimate of drug-likeness (QED) is 0.846. The zero-order chi connectivity index (χ0) is 15.2. The zero-order valence-electron chi connectivity index (χ0n) is 13.2. The van der Waals surface area contributed by atoms with E-state index in [1.165, 1.54) is 18.5 Å². The number of benzene rings is 1. The third-order valence-electron chi connectivity index (χ3n) is 4.06. The second-order valence-corrected chi connectivity index (χ2v) is 5.99. The number of nitrogens with one attached hydrogen (secondary N) is 1. The van der Waals surface area contributed by atoms with Crippen LogP contribution in [0.2, 0.25) is 0 Å². The summed E-state index contributed by atoms with van der Waals surface area (Å²) < 4.78 is 0. The van der Waals surface area contributed by atoms with Gasteiger partial charge in [-0.25, -0.2) is 0 Å². The van der Waals surface area contributed by atoms with Crippen molar-refractivity contribution in [3.63, 3.8) is 0 Å². The van der Waals surface area contributed by atoms with Crippen LogP contribution in [0.1, 0.15) is 44.6 Å². The van der Waals surface area contributed by atoms with Gasteiger partial charge in [-0.3, -0.25) is 4.79 Å². The maximum absolute atomic E-state index is 12.0. The predicted octanol–water partition coefficient (Wildman–Crippen LogP) is 3.05. The lowest BCUT2D eigenvalue weighted by atomic mass is 10.1. The van der Waals surface area contributed by atoms with Crippen molar-refractivity contribution in [3.05, 3.63) is 23.8 Å². The molecule has 1 saturated heterocycles. The first-order valence-electron chi connectivity index (χ1n) is 8.01. The lowest BCUT2D eigenvalue weighted by Crippen LogP contribution is -2.27. The molecule has 1 heterocycles. The molecule has 0 saturated carbocycles. The third-order valence-corrected chi connectivity index (χ3v) is 4.06. The Morgan fingerprint density at radius 1 is 1.38 bits per heavy atom. The third kappa shape index (κ3) is 4.46. The molecule has 0 spiro atoms. The van der Waals surface area contributed by atoms with Gasteiger partial charge >= 0.3 is 0 Å². The molecule has 1 fully saturated rings. The average Bonchev–Trinajstić information content (AvgIpc) is 2.95. The molecule has 0 aromatic heterocycles. The van der Waals surface area contributed by atoms with Crippen LogP contribution in [0, 0.1) is 6.92 Å². The molecule has 1 unspecified atom stereocenters. The molecule has 0 radical (unpaired) electrons. The van der Waals surface area contributed by atoms with Crippen molar-refractivity contribution >= 4 is 17.3 Å². The second-order valence-electron chi connectivity index (χ2n) is 5.99. The van der Waals surface area contributed by atoms with Gasteiger partial charge in [0, 0.05) is 36.9 Å². The minimum absolute atomic E-state index is 0.00738. The van der Waals surface area contributed by atoms with Crippen molar-refractivity contribution in [2.75, 3.05) is 23.3 Å². The van der Waals surface area contributed by atoms with Crippen LogP contribution in [0.15, 0.2) is 18.2 Å². The van der Waals surface area contributed by atoms with Crippen LogP contribution < -0.4 is 16.0 Å². The van der Waals surface area contributed by atoms with E-state index in [-0.39, 0.29) is 11.9 Å². The fourth-order valence-electron chi connectivity index (χ4n) is 2.87. The van der Waals surface area contributed by atoms with Gasteiger partial charge in [0.1, 0.15) is 0 Å². The highest BCUT2D eigenvalue weighted by Crippen LogP contribution is 2.25. The molecule has 1 aromatic rings. The highest BCUT2D eigenvalue weighted by molar-refractivity contribution is 5.92. The monoisotopic (exact) mass is 289 g/mol. The Bertz CT molecular complexity index is 481. The Hall–Kier alpha value is -1.55. The smallest absolute Gasteiger partial charge is 0.225 e. The van der Waals surface area contributed by atoms with E-state index >= 15 is 0 Å². The number of anilines is 2. The van der Waals surface area contributed by atoms with Crippen LogP contribution in [0.5, 0.6) is 0 Å². The summed E-state index contributed by atoms with van der Waals surface area (Å²) in [5.74, 6) is 0.00738. The first-order valence-corrected chi connectivity index (χ1v) is 8.01. The maximum atomic E-state index is 12.0. The number of carbonyl (C=O) groups is 1. The fraction of sp³-hybridized carbons (Fsp3) is 0.588. The molecule has 21 heavy (non-hydrogen) atoms. The van der Waals surface area contributed by atoms with Crippen LogP contribution >= 0.6 is 0 Å². The molecule has 116 valence electrons. The van der Waals surface area contributed by atoms with E-state index in [0.29, 0.717) is 6.42 Å². The Morgan fingerprint density at radius 2 is 2.10 bits per heavy atom. The van der Waals surface area contributed by atoms with Gasteiger partial charge in [-0.05, 0) is 49.9 Å². The first kappa shape index (κ1) is 15.8. The number of hydrogen-bond donors (Lipinski definition) is 2. The van der Waals surface area contributed by atoms with Crippen molar-refractivity contribution in [2.24, 2.45) is 5.73 Å². The molecule has 2 rings (SSSR count). The Labute approximate surface area is 127 Å². The maximum Gasteiger partial charge on any atom is 0.225 e. The number of amides is 1. The van der Waals surface area contributed by atoms with Crippen molar-refractivity contribution < 1.29 is 4.79 Å². The van der Waals surface area contributed by atoms with Crippen LogP contribution in [-0.2, 0) is 4.79 Å². The fourth-order valence-corrected chi connectivity index (χ4v) is 2.87. The Morgan fingerprint density at radius 3 is 2.71 bits per heavy atom. The molecule has 4 heteroatoms.